The van der Waals surface area contributed by atoms with E-state index >= 15 is 0 Å². The molecule has 3 aromatic carbocycles. The third kappa shape index (κ3) is 5.85. The number of carbonyl (C=O) groups excluding carboxylic acids is 1. The molecule has 0 aromatic heterocycles. The summed E-state index contributed by atoms with van der Waals surface area (Å²) in [5.74, 6) is 0.838. The Morgan fingerprint density at radius 2 is 1.57 bits per heavy atom. The van der Waals surface area contributed by atoms with E-state index in [0.717, 1.165) is 28.0 Å². The van der Waals surface area contributed by atoms with Crippen molar-refractivity contribution in [2.24, 2.45) is 0 Å². The molecule has 0 unspecified atom stereocenters. The van der Waals surface area contributed by atoms with Crippen LogP contribution in [0.2, 0.25) is 0 Å². The van der Waals surface area contributed by atoms with Gasteiger partial charge in [-0.2, -0.15) is 0 Å². The number of aryl methyl sites for hydroxylation is 2. The summed E-state index contributed by atoms with van der Waals surface area (Å²) in [5, 5.41) is 3.07. The molecule has 1 amide bonds. The van der Waals surface area contributed by atoms with Crippen LogP contribution in [0.3, 0.4) is 0 Å². The molecule has 0 aliphatic heterocycles. The first-order valence-corrected chi connectivity index (χ1v) is 13.1. The van der Waals surface area contributed by atoms with E-state index in [4.69, 9.17) is 4.74 Å². The minimum Gasteiger partial charge on any atom is -0.496 e. The molecule has 0 heterocycles. The minimum atomic E-state index is -3.78. The van der Waals surface area contributed by atoms with Crippen LogP contribution in [0.25, 0.3) is 0 Å². The Kier molecular flexibility index (Phi) is 7.90. The topological polar surface area (TPSA) is 84.5 Å². The number of benzene rings is 3. The van der Waals surface area contributed by atoms with Gasteiger partial charge < -0.3 is 10.1 Å². The van der Waals surface area contributed by atoms with Gasteiger partial charge in [0.25, 0.3) is 15.9 Å². The first-order chi connectivity index (χ1) is 16.4. The van der Waals surface area contributed by atoms with Gasteiger partial charge in [-0.3, -0.25) is 9.52 Å². The van der Waals surface area contributed by atoms with E-state index in [1.54, 1.807) is 56.5 Å². The van der Waals surface area contributed by atoms with E-state index in [0.29, 0.717) is 16.8 Å². The van der Waals surface area contributed by atoms with Crippen molar-refractivity contribution < 1.29 is 17.9 Å². The van der Waals surface area contributed by atoms with E-state index < -0.39 is 10.0 Å². The van der Waals surface area contributed by atoms with Crippen molar-refractivity contribution in [2.45, 2.75) is 58.4 Å². The Balaban J connectivity index is 1.85. The number of methoxy groups -OCH3 is 1. The van der Waals surface area contributed by atoms with Crippen molar-refractivity contribution in [1.29, 1.82) is 0 Å². The van der Waals surface area contributed by atoms with Gasteiger partial charge >= 0.3 is 0 Å². The molecule has 0 bridgehead atoms. The fourth-order valence-electron chi connectivity index (χ4n) is 4.08. The number of rotatable bonds is 8. The smallest absolute Gasteiger partial charge is 0.261 e. The van der Waals surface area contributed by atoms with Gasteiger partial charge in [0.1, 0.15) is 5.75 Å². The monoisotopic (exact) mass is 494 g/mol. The van der Waals surface area contributed by atoms with Crippen molar-refractivity contribution in [3.05, 3.63) is 88.0 Å². The molecule has 0 saturated heterocycles. The van der Waals surface area contributed by atoms with Crippen LogP contribution in [-0.4, -0.2) is 21.4 Å². The standard InChI is InChI=1S/C28H34N2O4S/c1-17(2)24-16-25(19(4)15-27(24)34-7)21(6)29-28(31)23-9-8-10-26(20(23)5)30-35(32,33)22-13-11-18(3)12-14-22/h8-17,21,30H,1-7H3,(H,29,31)/t21-/m1/s1. The van der Waals surface area contributed by atoms with Crippen LogP contribution in [-0.2, 0) is 10.0 Å². The number of carbonyl (C=O) groups is 1. The lowest BCUT2D eigenvalue weighted by molar-refractivity contribution is 0.0939. The molecule has 3 rings (SSSR count). The van der Waals surface area contributed by atoms with Crippen molar-refractivity contribution in [2.75, 3.05) is 11.8 Å². The highest BCUT2D eigenvalue weighted by Gasteiger charge is 2.21. The van der Waals surface area contributed by atoms with E-state index in [1.807, 2.05) is 26.8 Å². The van der Waals surface area contributed by atoms with Crippen LogP contribution < -0.4 is 14.8 Å². The highest BCUT2D eigenvalue weighted by Crippen LogP contribution is 2.32. The van der Waals surface area contributed by atoms with Gasteiger partial charge in [0.05, 0.1) is 23.7 Å². The Bertz CT molecular complexity index is 1330. The second-order valence-corrected chi connectivity index (χ2v) is 10.9. The lowest BCUT2D eigenvalue weighted by Gasteiger charge is -2.22. The second-order valence-electron chi connectivity index (χ2n) is 9.20. The third-order valence-electron chi connectivity index (χ3n) is 6.21. The summed E-state index contributed by atoms with van der Waals surface area (Å²) in [6.07, 6.45) is 0. The number of nitrogens with one attached hydrogen (secondary N) is 2. The van der Waals surface area contributed by atoms with Gasteiger partial charge in [0, 0.05) is 5.56 Å². The largest absolute Gasteiger partial charge is 0.496 e. The van der Waals surface area contributed by atoms with Gasteiger partial charge in [-0.25, -0.2) is 8.42 Å². The molecule has 0 saturated carbocycles. The summed E-state index contributed by atoms with van der Waals surface area (Å²) in [5.41, 5.74) is 5.43. The summed E-state index contributed by atoms with van der Waals surface area (Å²) in [7, 11) is -2.12. The number of hydrogen-bond donors (Lipinski definition) is 2. The van der Waals surface area contributed by atoms with Crippen LogP contribution in [0, 0.1) is 20.8 Å². The van der Waals surface area contributed by atoms with Crippen LogP contribution in [0.15, 0.2) is 59.5 Å². The normalized spacial score (nSPS) is 12.3. The Hall–Kier alpha value is -3.32. The lowest BCUT2D eigenvalue weighted by Crippen LogP contribution is -2.28. The number of anilines is 1. The first kappa shape index (κ1) is 26.3. The van der Waals surface area contributed by atoms with Crippen LogP contribution in [0.5, 0.6) is 5.75 Å². The molecule has 0 aliphatic carbocycles. The number of ether oxygens (including phenoxy) is 1. The summed E-state index contributed by atoms with van der Waals surface area (Å²) < 4.78 is 33.9. The number of hydrogen-bond acceptors (Lipinski definition) is 4. The summed E-state index contributed by atoms with van der Waals surface area (Å²) in [4.78, 5) is 13.4. The molecule has 1 atom stereocenters. The summed E-state index contributed by atoms with van der Waals surface area (Å²) in [6, 6.07) is 15.5. The molecule has 6 nitrogen and oxygen atoms in total. The predicted molar refractivity (Wildman–Crippen MR) is 141 cm³/mol. The van der Waals surface area contributed by atoms with Crippen LogP contribution in [0.4, 0.5) is 5.69 Å². The second kappa shape index (κ2) is 10.5. The molecule has 3 aromatic rings. The maximum atomic E-state index is 13.2. The Labute approximate surface area is 208 Å². The van der Waals surface area contributed by atoms with Crippen molar-refractivity contribution in [3.63, 3.8) is 0 Å². The zero-order valence-corrected chi connectivity index (χ0v) is 22.2. The molecular weight excluding hydrogens is 460 g/mol. The van der Waals surface area contributed by atoms with Gasteiger partial charge in [-0.1, -0.05) is 37.6 Å². The summed E-state index contributed by atoms with van der Waals surface area (Å²) in [6.45, 7) is 11.8. The maximum absolute atomic E-state index is 13.2. The number of sulfonamides is 1. The molecule has 0 spiro atoms. The molecule has 0 aliphatic rings. The van der Waals surface area contributed by atoms with E-state index in [-0.39, 0.29) is 22.8 Å². The van der Waals surface area contributed by atoms with Crippen LogP contribution in [0.1, 0.15) is 70.9 Å². The van der Waals surface area contributed by atoms with Crippen LogP contribution >= 0.6 is 0 Å². The SMILES string of the molecule is COc1cc(C)c([C@@H](C)NC(=O)c2cccc(NS(=O)(=O)c3ccc(C)cc3)c2C)cc1C(C)C. The zero-order chi connectivity index (χ0) is 25.9. The first-order valence-electron chi connectivity index (χ1n) is 11.6. The number of amides is 1. The lowest BCUT2D eigenvalue weighted by atomic mass is 9.93. The van der Waals surface area contributed by atoms with E-state index in [9.17, 15) is 13.2 Å². The average Bonchev–Trinajstić information content (AvgIpc) is 2.79. The zero-order valence-electron chi connectivity index (χ0n) is 21.4. The maximum Gasteiger partial charge on any atom is 0.261 e. The predicted octanol–water partition coefficient (Wildman–Crippen LogP) is 6.04. The van der Waals surface area contributed by atoms with Gasteiger partial charge in [-0.15, -0.1) is 0 Å². The van der Waals surface area contributed by atoms with Gasteiger partial charge in [-0.05, 0) is 92.3 Å². The fourth-order valence-corrected chi connectivity index (χ4v) is 5.20. The molecule has 2 N–H and O–H groups in total. The molecule has 186 valence electrons. The molecule has 7 heteroatoms. The Morgan fingerprint density at radius 1 is 0.914 bits per heavy atom. The molecule has 35 heavy (non-hydrogen) atoms. The van der Waals surface area contributed by atoms with Gasteiger partial charge in [0.2, 0.25) is 0 Å². The minimum absolute atomic E-state index is 0.168. The third-order valence-corrected chi connectivity index (χ3v) is 7.59. The van der Waals surface area contributed by atoms with Crippen molar-refractivity contribution in [1.82, 2.24) is 5.32 Å². The molecular formula is C28H34N2O4S. The van der Waals surface area contributed by atoms with E-state index in [1.165, 1.54) is 0 Å². The van der Waals surface area contributed by atoms with Crippen molar-refractivity contribution in [3.8, 4) is 5.75 Å². The van der Waals surface area contributed by atoms with Crippen molar-refractivity contribution >= 4 is 21.6 Å². The molecule has 0 radical (unpaired) electrons. The van der Waals surface area contributed by atoms with Gasteiger partial charge in [0.15, 0.2) is 0 Å². The fraction of sp³-hybridized carbons (Fsp3) is 0.321. The highest BCUT2D eigenvalue weighted by molar-refractivity contribution is 7.92. The average molecular weight is 495 g/mol. The molecule has 0 fully saturated rings. The summed E-state index contributed by atoms with van der Waals surface area (Å²) >= 11 is 0. The highest BCUT2D eigenvalue weighted by atomic mass is 32.2. The quantitative estimate of drug-likeness (QED) is 0.400. The Morgan fingerprint density at radius 3 is 2.17 bits per heavy atom. The van der Waals surface area contributed by atoms with E-state index in [2.05, 4.69) is 30.0 Å².